The highest BCUT2D eigenvalue weighted by Crippen LogP contribution is 2.49. The molecule has 0 unspecified atom stereocenters. The van der Waals surface area contributed by atoms with E-state index in [1.165, 1.54) is 0 Å². The van der Waals surface area contributed by atoms with Crippen LogP contribution in [-0.4, -0.2) is 15.0 Å². The molecule has 0 saturated heterocycles. The van der Waals surface area contributed by atoms with Gasteiger partial charge >= 0.3 is 0 Å². The van der Waals surface area contributed by atoms with Crippen molar-refractivity contribution in [2.24, 2.45) is 10.8 Å². The van der Waals surface area contributed by atoms with Gasteiger partial charge in [0, 0.05) is 11.6 Å². The van der Waals surface area contributed by atoms with Crippen LogP contribution in [0, 0.1) is 10.8 Å². The van der Waals surface area contributed by atoms with Gasteiger partial charge in [0.1, 0.15) is 0 Å². The summed E-state index contributed by atoms with van der Waals surface area (Å²) in [7, 11) is 0. The first-order chi connectivity index (χ1) is 9.27. The van der Waals surface area contributed by atoms with Gasteiger partial charge in [-0.15, -0.1) is 5.10 Å². The molecule has 21 heavy (non-hydrogen) atoms. The highest BCUT2D eigenvalue weighted by Gasteiger charge is 2.47. The Morgan fingerprint density at radius 1 is 0.952 bits per heavy atom. The third kappa shape index (κ3) is 3.17. The zero-order chi connectivity index (χ0) is 16.7. The highest BCUT2D eigenvalue weighted by atomic mass is 15.5. The van der Waals surface area contributed by atoms with Gasteiger partial charge in [-0.05, 0) is 31.1 Å². The summed E-state index contributed by atoms with van der Waals surface area (Å²) < 4.78 is 2.07. The lowest BCUT2D eigenvalue weighted by molar-refractivity contribution is -0.00694. The Morgan fingerprint density at radius 2 is 1.48 bits per heavy atom. The van der Waals surface area contributed by atoms with Gasteiger partial charge in [0.15, 0.2) is 0 Å². The summed E-state index contributed by atoms with van der Waals surface area (Å²) >= 11 is 0. The lowest BCUT2D eigenvalue weighted by atomic mass is 9.59. The standard InChI is InChI=1S/C18H35N3/c1-11-12-16(5,6)14-13-21(20-19-14)18(9,10)17(7,8)15(2,3)4/h13H,11-12H2,1-10H3. The topological polar surface area (TPSA) is 30.7 Å². The molecule has 1 aromatic rings. The van der Waals surface area contributed by atoms with Crippen LogP contribution in [0.1, 0.15) is 87.8 Å². The molecular formula is C18H35N3. The lowest BCUT2D eigenvalue weighted by Crippen LogP contribution is -2.49. The van der Waals surface area contributed by atoms with Gasteiger partial charge in [-0.2, -0.15) is 0 Å². The monoisotopic (exact) mass is 293 g/mol. The van der Waals surface area contributed by atoms with Crippen LogP contribution < -0.4 is 0 Å². The fourth-order valence-corrected chi connectivity index (χ4v) is 2.80. The second-order valence-corrected chi connectivity index (χ2v) is 9.12. The Hall–Kier alpha value is -0.860. The van der Waals surface area contributed by atoms with Gasteiger partial charge in [0.2, 0.25) is 0 Å². The van der Waals surface area contributed by atoms with Crippen molar-refractivity contribution >= 4 is 0 Å². The molecule has 0 atom stereocenters. The molecule has 0 aliphatic heterocycles. The van der Waals surface area contributed by atoms with E-state index >= 15 is 0 Å². The van der Waals surface area contributed by atoms with Crippen molar-refractivity contribution in [3.63, 3.8) is 0 Å². The molecule has 0 aliphatic rings. The van der Waals surface area contributed by atoms with E-state index in [4.69, 9.17) is 0 Å². The summed E-state index contributed by atoms with van der Waals surface area (Å²) in [4.78, 5) is 0. The van der Waals surface area contributed by atoms with Gasteiger partial charge in [-0.3, -0.25) is 0 Å². The molecule has 0 spiro atoms. The average molecular weight is 293 g/mol. The summed E-state index contributed by atoms with van der Waals surface area (Å²) in [5, 5.41) is 8.96. The molecule has 1 aromatic heterocycles. The van der Waals surface area contributed by atoms with Crippen molar-refractivity contribution in [2.45, 2.75) is 93.0 Å². The SMILES string of the molecule is CCCC(C)(C)c1cn(C(C)(C)C(C)(C)C(C)(C)C)nn1. The van der Waals surface area contributed by atoms with Crippen LogP contribution in [0.3, 0.4) is 0 Å². The fraction of sp³-hybridized carbons (Fsp3) is 0.889. The normalized spacial score (nSPS) is 14.6. The van der Waals surface area contributed by atoms with Crippen molar-refractivity contribution in [3.05, 3.63) is 11.9 Å². The Labute approximate surface area is 131 Å². The van der Waals surface area contributed by atoms with E-state index in [1.54, 1.807) is 0 Å². The van der Waals surface area contributed by atoms with Gasteiger partial charge in [0.05, 0.1) is 11.2 Å². The van der Waals surface area contributed by atoms with E-state index in [0.717, 1.165) is 18.5 Å². The highest BCUT2D eigenvalue weighted by molar-refractivity contribution is 5.10. The number of aromatic nitrogens is 3. The predicted octanol–water partition coefficient (Wildman–Crippen LogP) is 5.16. The summed E-state index contributed by atoms with van der Waals surface area (Å²) in [6.07, 6.45) is 4.45. The lowest BCUT2D eigenvalue weighted by Gasteiger charge is -2.50. The maximum absolute atomic E-state index is 4.48. The molecule has 0 N–H and O–H groups in total. The molecule has 3 heteroatoms. The Balaban J connectivity index is 3.21. The van der Waals surface area contributed by atoms with Crippen molar-refractivity contribution in [1.29, 1.82) is 0 Å². The number of rotatable bonds is 5. The summed E-state index contributed by atoms with van der Waals surface area (Å²) in [5.41, 5.74) is 1.36. The van der Waals surface area contributed by atoms with Crippen molar-refractivity contribution in [3.8, 4) is 0 Å². The molecule has 0 bridgehead atoms. The smallest absolute Gasteiger partial charge is 0.0883 e. The van der Waals surface area contributed by atoms with Gasteiger partial charge in [-0.25, -0.2) is 4.68 Å². The number of hydrogen-bond donors (Lipinski definition) is 0. The minimum absolute atomic E-state index is 0.0832. The second kappa shape index (κ2) is 5.40. The molecule has 3 nitrogen and oxygen atoms in total. The average Bonchev–Trinajstić information content (AvgIpc) is 2.77. The molecule has 0 aliphatic carbocycles. The van der Waals surface area contributed by atoms with Crippen LogP contribution >= 0.6 is 0 Å². The van der Waals surface area contributed by atoms with Crippen LogP contribution in [-0.2, 0) is 11.0 Å². The molecule has 0 fully saturated rings. The zero-order valence-electron chi connectivity index (χ0n) is 15.8. The first-order valence-corrected chi connectivity index (χ1v) is 8.20. The summed E-state index contributed by atoms with van der Waals surface area (Å²) in [6, 6.07) is 0. The van der Waals surface area contributed by atoms with Gasteiger partial charge in [0.25, 0.3) is 0 Å². The molecule has 1 heterocycles. The molecule has 122 valence electrons. The largest absolute Gasteiger partial charge is 0.246 e. The number of hydrogen-bond acceptors (Lipinski definition) is 2. The molecule has 0 amide bonds. The van der Waals surface area contributed by atoms with Crippen LogP contribution in [0.15, 0.2) is 6.20 Å². The van der Waals surface area contributed by atoms with Gasteiger partial charge in [-0.1, -0.05) is 67.0 Å². The molecule has 0 saturated carbocycles. The van der Waals surface area contributed by atoms with Crippen molar-refractivity contribution < 1.29 is 0 Å². The Morgan fingerprint density at radius 3 is 1.90 bits per heavy atom. The van der Waals surface area contributed by atoms with Crippen molar-refractivity contribution in [2.75, 3.05) is 0 Å². The molecule has 0 aromatic carbocycles. The van der Waals surface area contributed by atoms with Crippen LogP contribution in [0.5, 0.6) is 0 Å². The van der Waals surface area contributed by atoms with E-state index in [2.05, 4.69) is 90.4 Å². The summed E-state index contributed by atoms with van der Waals surface area (Å²) in [6.45, 7) is 22.8. The molecular weight excluding hydrogens is 258 g/mol. The molecule has 1 rings (SSSR count). The van der Waals surface area contributed by atoms with E-state index in [-0.39, 0.29) is 21.8 Å². The minimum Gasteiger partial charge on any atom is -0.246 e. The van der Waals surface area contributed by atoms with E-state index in [1.807, 2.05) is 0 Å². The Kier molecular flexibility index (Phi) is 4.68. The van der Waals surface area contributed by atoms with Crippen LogP contribution in [0.25, 0.3) is 0 Å². The zero-order valence-corrected chi connectivity index (χ0v) is 15.8. The van der Waals surface area contributed by atoms with E-state index < -0.39 is 0 Å². The summed E-state index contributed by atoms with van der Waals surface area (Å²) in [5.74, 6) is 0. The van der Waals surface area contributed by atoms with Crippen molar-refractivity contribution in [1.82, 2.24) is 15.0 Å². The van der Waals surface area contributed by atoms with E-state index in [9.17, 15) is 0 Å². The van der Waals surface area contributed by atoms with Crippen LogP contribution in [0.2, 0.25) is 0 Å². The van der Waals surface area contributed by atoms with Crippen LogP contribution in [0.4, 0.5) is 0 Å². The third-order valence-electron chi connectivity index (χ3n) is 6.04. The number of nitrogens with zero attached hydrogens (tertiary/aromatic N) is 3. The first kappa shape index (κ1) is 18.2. The fourth-order valence-electron chi connectivity index (χ4n) is 2.80. The van der Waals surface area contributed by atoms with E-state index in [0.29, 0.717) is 0 Å². The third-order valence-corrected chi connectivity index (χ3v) is 6.04. The maximum Gasteiger partial charge on any atom is 0.0883 e. The maximum atomic E-state index is 4.48. The first-order valence-electron chi connectivity index (χ1n) is 8.20. The Bertz CT molecular complexity index is 473. The van der Waals surface area contributed by atoms with Gasteiger partial charge < -0.3 is 0 Å². The molecule has 0 radical (unpaired) electrons. The second-order valence-electron chi connectivity index (χ2n) is 9.12. The quantitative estimate of drug-likeness (QED) is 0.750. The minimum atomic E-state index is -0.0984. The predicted molar refractivity (Wildman–Crippen MR) is 90.5 cm³/mol.